The maximum Gasteiger partial charge on any atom is 0.255 e. The van der Waals surface area contributed by atoms with E-state index in [9.17, 15) is 9.90 Å². The molecule has 0 aliphatic carbocycles. The summed E-state index contributed by atoms with van der Waals surface area (Å²) in [5, 5.41) is 11.9. The predicted molar refractivity (Wildman–Crippen MR) is 71.3 cm³/mol. The van der Waals surface area contributed by atoms with Gasteiger partial charge in [0.1, 0.15) is 5.75 Å². The van der Waals surface area contributed by atoms with Gasteiger partial charge in [0.2, 0.25) is 0 Å². The van der Waals surface area contributed by atoms with E-state index in [2.05, 4.69) is 5.32 Å². The number of amides is 1. The quantitative estimate of drug-likeness (QED) is 0.367. The van der Waals surface area contributed by atoms with Crippen molar-refractivity contribution < 1.29 is 9.90 Å². The Balaban J connectivity index is 2.16. The number of hydrogen-bond donors (Lipinski definition) is 4. The van der Waals surface area contributed by atoms with Gasteiger partial charge in [-0.3, -0.25) is 4.79 Å². The second-order valence-corrected chi connectivity index (χ2v) is 3.85. The van der Waals surface area contributed by atoms with Crippen LogP contribution < -0.4 is 16.8 Å². The Hall–Kier alpha value is -2.69. The fourth-order valence-corrected chi connectivity index (χ4v) is 1.47. The maximum absolute atomic E-state index is 11.9. The van der Waals surface area contributed by atoms with Crippen LogP contribution in [0.15, 0.2) is 42.5 Å². The molecule has 5 heteroatoms. The Kier molecular flexibility index (Phi) is 3.05. The summed E-state index contributed by atoms with van der Waals surface area (Å²) in [6.07, 6.45) is 0. The molecule has 0 saturated carbocycles. The topological polar surface area (TPSA) is 101 Å². The van der Waals surface area contributed by atoms with Crippen LogP contribution in [-0.2, 0) is 0 Å². The summed E-state index contributed by atoms with van der Waals surface area (Å²) in [7, 11) is 0. The minimum atomic E-state index is -0.264. The molecule has 0 aliphatic rings. The molecule has 0 aromatic heterocycles. The normalized spacial score (nSPS) is 10.0. The van der Waals surface area contributed by atoms with Gasteiger partial charge in [-0.25, -0.2) is 0 Å². The highest BCUT2D eigenvalue weighted by Gasteiger charge is 2.06. The molecule has 6 N–H and O–H groups in total. The summed E-state index contributed by atoms with van der Waals surface area (Å²) in [5.74, 6) is -0.277. The average Bonchev–Trinajstić information content (AvgIpc) is 2.34. The zero-order valence-corrected chi connectivity index (χ0v) is 9.55. The molecule has 18 heavy (non-hydrogen) atoms. The molecule has 92 valence electrons. The number of phenols is 1. The van der Waals surface area contributed by atoms with Crippen molar-refractivity contribution in [2.75, 3.05) is 16.8 Å². The lowest BCUT2D eigenvalue weighted by Crippen LogP contribution is -2.11. The van der Waals surface area contributed by atoms with E-state index in [1.54, 1.807) is 30.3 Å². The van der Waals surface area contributed by atoms with Crippen LogP contribution in [-0.4, -0.2) is 11.0 Å². The molecular weight excluding hydrogens is 230 g/mol. The van der Waals surface area contributed by atoms with Crippen LogP contribution in [0.2, 0.25) is 0 Å². The molecule has 0 radical (unpaired) electrons. The van der Waals surface area contributed by atoms with E-state index in [1.807, 2.05) is 0 Å². The van der Waals surface area contributed by atoms with E-state index in [-0.39, 0.29) is 17.3 Å². The molecule has 0 aliphatic heterocycles. The molecule has 2 aromatic rings. The van der Waals surface area contributed by atoms with E-state index in [4.69, 9.17) is 11.5 Å². The first kappa shape index (κ1) is 11.8. The lowest BCUT2D eigenvalue weighted by molar-refractivity contribution is 0.102. The number of rotatable bonds is 2. The molecule has 1 amide bonds. The van der Waals surface area contributed by atoms with E-state index in [0.29, 0.717) is 16.9 Å². The number of anilines is 3. The minimum absolute atomic E-state index is 0.0134. The zero-order valence-electron chi connectivity index (χ0n) is 9.55. The third-order valence-corrected chi connectivity index (χ3v) is 2.46. The zero-order chi connectivity index (χ0) is 13.1. The van der Waals surface area contributed by atoms with Gasteiger partial charge in [-0.2, -0.15) is 0 Å². The van der Waals surface area contributed by atoms with Crippen LogP contribution in [0.4, 0.5) is 17.1 Å². The molecule has 0 spiro atoms. The van der Waals surface area contributed by atoms with Crippen molar-refractivity contribution >= 4 is 23.0 Å². The predicted octanol–water partition coefficient (Wildman–Crippen LogP) is 1.81. The van der Waals surface area contributed by atoms with Gasteiger partial charge in [-0.1, -0.05) is 0 Å². The summed E-state index contributed by atoms with van der Waals surface area (Å²) in [6.45, 7) is 0. The van der Waals surface area contributed by atoms with Crippen molar-refractivity contribution in [2.24, 2.45) is 0 Å². The van der Waals surface area contributed by atoms with Gasteiger partial charge in [0.25, 0.3) is 5.91 Å². The molecule has 0 heterocycles. The number of nitrogen functional groups attached to an aromatic ring is 2. The molecule has 0 bridgehead atoms. The fraction of sp³-hybridized carbons (Fsp3) is 0. The summed E-state index contributed by atoms with van der Waals surface area (Å²) in [4.78, 5) is 11.9. The molecular formula is C13H13N3O2. The maximum atomic E-state index is 11.9. The van der Waals surface area contributed by atoms with Gasteiger partial charge < -0.3 is 21.9 Å². The largest absolute Gasteiger partial charge is 0.506 e. The smallest absolute Gasteiger partial charge is 0.255 e. The summed E-state index contributed by atoms with van der Waals surface area (Å²) in [6, 6.07) is 11.1. The van der Waals surface area contributed by atoms with Gasteiger partial charge in [-0.15, -0.1) is 0 Å². The highest BCUT2D eigenvalue weighted by Crippen LogP contribution is 2.23. The molecule has 0 saturated heterocycles. The number of carbonyl (C=O) groups excluding carboxylic acids is 1. The highest BCUT2D eigenvalue weighted by atomic mass is 16.3. The first-order valence-electron chi connectivity index (χ1n) is 5.31. The Bertz CT molecular complexity index is 579. The van der Waals surface area contributed by atoms with Crippen molar-refractivity contribution in [3.63, 3.8) is 0 Å². The first-order valence-corrected chi connectivity index (χ1v) is 5.31. The van der Waals surface area contributed by atoms with Crippen molar-refractivity contribution in [3.8, 4) is 5.75 Å². The van der Waals surface area contributed by atoms with Crippen LogP contribution in [0, 0.1) is 0 Å². The van der Waals surface area contributed by atoms with Crippen LogP contribution in [0.1, 0.15) is 10.4 Å². The number of nitrogens with two attached hydrogens (primary N) is 2. The Morgan fingerprint density at radius 1 is 1.06 bits per heavy atom. The molecule has 0 atom stereocenters. The molecule has 2 aromatic carbocycles. The van der Waals surface area contributed by atoms with Crippen LogP contribution in [0.25, 0.3) is 0 Å². The number of carbonyl (C=O) groups is 1. The standard InChI is InChI=1S/C13H13N3O2/c14-9-3-1-8(2-4-9)13(18)16-10-5-6-12(17)11(15)7-10/h1-7,17H,14-15H2,(H,16,18). The second kappa shape index (κ2) is 4.67. The first-order chi connectivity index (χ1) is 8.56. The molecule has 0 fully saturated rings. The third kappa shape index (κ3) is 2.52. The Morgan fingerprint density at radius 3 is 2.33 bits per heavy atom. The minimum Gasteiger partial charge on any atom is -0.506 e. The lowest BCUT2D eigenvalue weighted by atomic mass is 10.2. The number of aromatic hydroxyl groups is 1. The number of hydrogen-bond acceptors (Lipinski definition) is 4. The van der Waals surface area contributed by atoms with E-state index in [0.717, 1.165) is 0 Å². The summed E-state index contributed by atoms with van der Waals surface area (Å²) >= 11 is 0. The lowest BCUT2D eigenvalue weighted by Gasteiger charge is -2.07. The van der Waals surface area contributed by atoms with Gasteiger partial charge in [0.15, 0.2) is 0 Å². The Labute approximate surface area is 104 Å². The Morgan fingerprint density at radius 2 is 1.72 bits per heavy atom. The number of nitrogens with one attached hydrogen (secondary N) is 1. The third-order valence-electron chi connectivity index (χ3n) is 2.46. The highest BCUT2D eigenvalue weighted by molar-refractivity contribution is 6.04. The van der Waals surface area contributed by atoms with Crippen molar-refractivity contribution in [2.45, 2.75) is 0 Å². The van der Waals surface area contributed by atoms with Gasteiger partial charge >= 0.3 is 0 Å². The average molecular weight is 243 g/mol. The number of benzene rings is 2. The van der Waals surface area contributed by atoms with Gasteiger partial charge in [0, 0.05) is 16.9 Å². The van der Waals surface area contributed by atoms with Crippen molar-refractivity contribution in [3.05, 3.63) is 48.0 Å². The molecule has 0 unspecified atom stereocenters. The number of phenolic OH excluding ortho intramolecular Hbond substituents is 1. The molecule has 5 nitrogen and oxygen atoms in total. The van der Waals surface area contributed by atoms with Crippen molar-refractivity contribution in [1.29, 1.82) is 0 Å². The molecule has 2 rings (SSSR count). The summed E-state index contributed by atoms with van der Waals surface area (Å²) < 4.78 is 0. The van der Waals surface area contributed by atoms with E-state index < -0.39 is 0 Å². The van der Waals surface area contributed by atoms with Crippen LogP contribution in [0.5, 0.6) is 5.75 Å². The SMILES string of the molecule is Nc1ccc(C(=O)Nc2ccc(O)c(N)c2)cc1. The van der Waals surface area contributed by atoms with Crippen molar-refractivity contribution in [1.82, 2.24) is 0 Å². The monoisotopic (exact) mass is 243 g/mol. The van der Waals surface area contributed by atoms with Crippen LogP contribution in [0.3, 0.4) is 0 Å². The van der Waals surface area contributed by atoms with E-state index >= 15 is 0 Å². The van der Waals surface area contributed by atoms with Gasteiger partial charge in [0.05, 0.1) is 5.69 Å². The fourth-order valence-electron chi connectivity index (χ4n) is 1.47. The van der Waals surface area contributed by atoms with E-state index in [1.165, 1.54) is 12.1 Å². The van der Waals surface area contributed by atoms with Crippen LogP contribution >= 0.6 is 0 Å². The second-order valence-electron chi connectivity index (χ2n) is 3.85. The van der Waals surface area contributed by atoms with Gasteiger partial charge in [-0.05, 0) is 42.5 Å². The summed E-state index contributed by atoms with van der Waals surface area (Å²) in [5.41, 5.74) is 12.9.